The quantitative estimate of drug-likeness (QED) is 0.309. The predicted octanol–water partition coefficient (Wildman–Crippen LogP) is 6.46. The Morgan fingerprint density at radius 2 is 1.61 bits per heavy atom. The van der Waals surface area contributed by atoms with Crippen LogP contribution in [0.5, 0.6) is 0 Å². The number of fused-ring (bicyclic) bond motifs is 1. The van der Waals surface area contributed by atoms with Gasteiger partial charge in [-0.15, -0.1) is 11.8 Å². The molecule has 0 saturated carbocycles. The number of thioether (sulfide) groups is 1. The van der Waals surface area contributed by atoms with Gasteiger partial charge in [0.25, 0.3) is 0 Å². The molecule has 49 heavy (non-hydrogen) atoms. The Morgan fingerprint density at radius 3 is 2.35 bits per heavy atom. The number of amides is 4. The number of piperazine rings is 1. The number of likely N-dealkylation sites (tertiary alicyclic amines) is 1. The lowest BCUT2D eigenvalue weighted by molar-refractivity contribution is -0.137. The lowest BCUT2D eigenvalue weighted by atomic mass is 9.92. The molecule has 4 aliphatic heterocycles. The van der Waals surface area contributed by atoms with Crippen LogP contribution in [0.3, 0.4) is 0 Å². The Bertz CT molecular complexity index is 1460. The molecule has 1 N–H and O–H groups in total. The van der Waals surface area contributed by atoms with E-state index in [9.17, 15) is 14.4 Å². The summed E-state index contributed by atoms with van der Waals surface area (Å²) in [5.41, 5.74) is 4.55. The summed E-state index contributed by atoms with van der Waals surface area (Å²) in [6.07, 6.45) is 5.89. The Labute approximate surface area is 297 Å². The van der Waals surface area contributed by atoms with Crippen molar-refractivity contribution in [3.63, 3.8) is 0 Å². The van der Waals surface area contributed by atoms with Gasteiger partial charge in [-0.1, -0.05) is 70.5 Å². The molecule has 6 rings (SSSR count). The van der Waals surface area contributed by atoms with Crippen molar-refractivity contribution in [2.75, 3.05) is 69.1 Å². The second-order valence-electron chi connectivity index (χ2n) is 15.4. The number of unbranched alkanes of at least 4 members (excludes halogenated alkanes) is 1. The highest BCUT2D eigenvalue weighted by Crippen LogP contribution is 2.48. The van der Waals surface area contributed by atoms with Crippen LogP contribution in [-0.2, 0) is 16.0 Å². The Balaban J connectivity index is 1.10. The van der Waals surface area contributed by atoms with E-state index in [0.717, 1.165) is 69.7 Å². The van der Waals surface area contributed by atoms with Crippen molar-refractivity contribution >= 4 is 41.0 Å². The first-order valence-electron chi connectivity index (χ1n) is 18.6. The molecular formula is C39H56N6O3S. The number of para-hydroxylation sites is 2. The molecule has 2 atom stereocenters. The Morgan fingerprint density at radius 1 is 0.898 bits per heavy atom. The third-order valence-electron chi connectivity index (χ3n) is 10.7. The summed E-state index contributed by atoms with van der Waals surface area (Å²) in [6.45, 7) is 16.7. The van der Waals surface area contributed by atoms with Gasteiger partial charge in [0.1, 0.15) is 5.37 Å². The van der Waals surface area contributed by atoms with Crippen molar-refractivity contribution in [2.24, 2.45) is 5.41 Å². The maximum Gasteiger partial charge on any atom is 0.322 e. The van der Waals surface area contributed by atoms with Gasteiger partial charge in [0.15, 0.2) is 0 Å². The van der Waals surface area contributed by atoms with Crippen LogP contribution in [0, 0.1) is 5.41 Å². The minimum atomic E-state index is -0.399. The van der Waals surface area contributed by atoms with Gasteiger partial charge in [-0.25, -0.2) is 4.79 Å². The van der Waals surface area contributed by atoms with Gasteiger partial charge in [-0.3, -0.25) is 14.5 Å². The number of benzene rings is 2. The van der Waals surface area contributed by atoms with E-state index >= 15 is 0 Å². The number of carbonyl (C=O) groups excluding carboxylic acids is 3. The van der Waals surface area contributed by atoms with Gasteiger partial charge < -0.3 is 24.9 Å². The van der Waals surface area contributed by atoms with E-state index < -0.39 is 5.25 Å². The summed E-state index contributed by atoms with van der Waals surface area (Å²) >= 11 is 1.66. The van der Waals surface area contributed by atoms with Gasteiger partial charge in [0.2, 0.25) is 11.8 Å². The third kappa shape index (κ3) is 8.56. The molecule has 2 unspecified atom stereocenters. The van der Waals surface area contributed by atoms with E-state index in [1.807, 2.05) is 28.0 Å². The molecule has 0 radical (unpaired) electrons. The average molecular weight is 689 g/mol. The number of piperidine rings is 1. The molecule has 0 bridgehead atoms. The van der Waals surface area contributed by atoms with Crippen molar-refractivity contribution in [1.82, 2.24) is 19.6 Å². The highest BCUT2D eigenvalue weighted by molar-refractivity contribution is 8.01. The molecule has 4 aliphatic rings. The monoisotopic (exact) mass is 688 g/mol. The number of carbonyl (C=O) groups is 3. The molecule has 0 aliphatic carbocycles. The number of hydrogen-bond donors (Lipinski definition) is 1. The van der Waals surface area contributed by atoms with Crippen LogP contribution in [0.4, 0.5) is 16.2 Å². The predicted molar refractivity (Wildman–Crippen MR) is 200 cm³/mol. The van der Waals surface area contributed by atoms with Crippen LogP contribution < -0.4 is 10.2 Å². The van der Waals surface area contributed by atoms with Gasteiger partial charge in [0.05, 0.1) is 5.25 Å². The molecule has 4 amide bonds. The number of nitrogens with one attached hydrogen (secondary N) is 1. The Kier molecular flexibility index (Phi) is 11.4. The Hall–Kier alpha value is -3.24. The van der Waals surface area contributed by atoms with E-state index in [4.69, 9.17) is 0 Å². The standard InChI is InChI=1S/C39H56N6O3S/c1-5-6-19-41-24-26-42(27-25-41)33-14-10-8-12-31(33)37-45(23-18-39(2,3)4)36(47)34(49-37)28-35(46)43-20-16-30(17-21-43)44-22-15-29-11-7-9-13-32(29)40-38(44)48/h7-14,30,34,37H,5-6,15-28H2,1-4H3,(H,40,48). The van der Waals surface area contributed by atoms with Crippen molar-refractivity contribution in [3.8, 4) is 0 Å². The fourth-order valence-corrected chi connectivity index (χ4v) is 9.18. The molecular weight excluding hydrogens is 633 g/mol. The molecule has 9 nitrogen and oxygen atoms in total. The lowest BCUT2D eigenvalue weighted by Gasteiger charge is -2.38. The summed E-state index contributed by atoms with van der Waals surface area (Å²) in [5.74, 6) is 0.132. The van der Waals surface area contributed by atoms with Gasteiger partial charge >= 0.3 is 6.03 Å². The van der Waals surface area contributed by atoms with Gasteiger partial charge in [0, 0.05) is 81.8 Å². The normalized spacial score (nSPS) is 22.7. The van der Waals surface area contributed by atoms with Crippen LogP contribution in [-0.4, -0.2) is 108 Å². The zero-order chi connectivity index (χ0) is 34.5. The zero-order valence-corrected chi connectivity index (χ0v) is 30.9. The van der Waals surface area contributed by atoms with Crippen molar-refractivity contribution in [2.45, 2.75) is 89.3 Å². The number of hydrogen-bond acceptors (Lipinski definition) is 6. The second kappa shape index (κ2) is 15.8. The molecule has 10 heteroatoms. The van der Waals surface area contributed by atoms with E-state index in [1.165, 1.54) is 24.1 Å². The molecule has 0 aromatic heterocycles. The van der Waals surface area contributed by atoms with E-state index in [-0.39, 0.29) is 41.1 Å². The summed E-state index contributed by atoms with van der Waals surface area (Å²) < 4.78 is 0. The summed E-state index contributed by atoms with van der Waals surface area (Å²) in [6, 6.07) is 16.7. The lowest BCUT2D eigenvalue weighted by Crippen LogP contribution is -2.50. The van der Waals surface area contributed by atoms with E-state index in [0.29, 0.717) is 26.2 Å². The van der Waals surface area contributed by atoms with Crippen LogP contribution >= 0.6 is 11.8 Å². The summed E-state index contributed by atoms with van der Waals surface area (Å²) in [5, 5.41) is 2.58. The van der Waals surface area contributed by atoms with Crippen LogP contribution in [0.25, 0.3) is 0 Å². The SMILES string of the molecule is CCCCN1CCN(c2ccccc2C2SC(CC(=O)N3CCC(N4CCc5ccccc5NC4=O)CC3)C(=O)N2CCC(C)(C)C)CC1. The maximum atomic E-state index is 14.1. The minimum Gasteiger partial charge on any atom is -0.369 e. The molecule has 3 fully saturated rings. The molecule has 266 valence electrons. The summed E-state index contributed by atoms with van der Waals surface area (Å²) in [4.78, 5) is 52.0. The highest BCUT2D eigenvalue weighted by Gasteiger charge is 2.44. The largest absolute Gasteiger partial charge is 0.369 e. The number of rotatable bonds is 10. The fraction of sp³-hybridized carbons (Fsp3) is 0.615. The van der Waals surface area contributed by atoms with E-state index in [1.54, 1.807) is 11.8 Å². The molecule has 2 aromatic carbocycles. The minimum absolute atomic E-state index is 0.0462. The smallest absolute Gasteiger partial charge is 0.322 e. The fourth-order valence-electron chi connectivity index (χ4n) is 7.68. The first kappa shape index (κ1) is 35.6. The molecule has 4 heterocycles. The van der Waals surface area contributed by atoms with Gasteiger partial charge in [-0.05, 0) is 61.8 Å². The van der Waals surface area contributed by atoms with Crippen molar-refractivity contribution in [1.29, 1.82) is 0 Å². The summed E-state index contributed by atoms with van der Waals surface area (Å²) in [7, 11) is 0. The second-order valence-corrected chi connectivity index (χ2v) is 16.7. The van der Waals surface area contributed by atoms with Crippen LogP contribution in [0.15, 0.2) is 48.5 Å². The average Bonchev–Trinajstić information content (AvgIpc) is 3.29. The zero-order valence-electron chi connectivity index (χ0n) is 30.0. The maximum absolute atomic E-state index is 14.1. The number of urea groups is 1. The number of anilines is 2. The first-order valence-corrected chi connectivity index (χ1v) is 19.5. The first-order chi connectivity index (χ1) is 23.6. The topological polar surface area (TPSA) is 79.4 Å². The molecule has 3 saturated heterocycles. The van der Waals surface area contributed by atoms with Crippen molar-refractivity contribution < 1.29 is 14.4 Å². The van der Waals surface area contributed by atoms with Gasteiger partial charge in [-0.2, -0.15) is 0 Å². The molecule has 2 aromatic rings. The van der Waals surface area contributed by atoms with Crippen LogP contribution in [0.2, 0.25) is 0 Å². The highest BCUT2D eigenvalue weighted by atomic mass is 32.2. The van der Waals surface area contributed by atoms with Crippen molar-refractivity contribution in [3.05, 3.63) is 59.7 Å². The van der Waals surface area contributed by atoms with E-state index in [2.05, 4.69) is 78.0 Å². The van der Waals surface area contributed by atoms with Crippen LogP contribution in [0.1, 0.15) is 82.7 Å². The molecule has 0 spiro atoms. The third-order valence-corrected chi connectivity index (χ3v) is 12.2. The number of nitrogens with zero attached hydrogens (tertiary/aromatic N) is 5.